The number of alkyl halides is 1. The lowest BCUT2D eigenvalue weighted by molar-refractivity contribution is 0.0697. The monoisotopic (exact) mass is 467 g/mol. The van der Waals surface area contributed by atoms with Gasteiger partial charge in [-0.2, -0.15) is 0 Å². The van der Waals surface area contributed by atoms with Crippen molar-refractivity contribution in [1.82, 2.24) is 14.7 Å². The van der Waals surface area contributed by atoms with Gasteiger partial charge in [-0.15, -0.1) is 11.3 Å². The fourth-order valence-electron chi connectivity index (χ4n) is 4.86. The van der Waals surface area contributed by atoms with Gasteiger partial charge in [0.15, 0.2) is 0 Å². The minimum absolute atomic E-state index is 0.276. The van der Waals surface area contributed by atoms with Gasteiger partial charge < -0.3 is 14.2 Å². The highest BCUT2D eigenvalue weighted by Crippen LogP contribution is 2.39. The van der Waals surface area contributed by atoms with Crippen molar-refractivity contribution in [2.24, 2.45) is 5.92 Å². The highest BCUT2D eigenvalue weighted by Gasteiger charge is 2.31. The summed E-state index contributed by atoms with van der Waals surface area (Å²) in [6, 6.07) is 3.80. The molecule has 0 spiro atoms. The minimum atomic E-state index is -1.07. The van der Waals surface area contributed by atoms with E-state index in [-0.39, 0.29) is 5.56 Å². The lowest BCUT2D eigenvalue weighted by Crippen LogP contribution is -2.27. The third kappa shape index (κ3) is 4.08. The summed E-state index contributed by atoms with van der Waals surface area (Å²) in [7, 11) is 0. The summed E-state index contributed by atoms with van der Waals surface area (Å²) < 4.78 is 21.9. The number of aromatic carboxylic acids is 1. The number of nitrogens with zero attached hydrogens (tertiary/aromatic N) is 3. The first-order valence-electron chi connectivity index (χ1n) is 11.1. The van der Waals surface area contributed by atoms with Crippen molar-refractivity contribution in [3.05, 3.63) is 46.9 Å². The number of aryl methyl sites for hydroxylation is 2. The number of carboxylic acid groups (broad SMARTS) is 1. The predicted molar refractivity (Wildman–Crippen MR) is 126 cm³/mol. The molecule has 4 aromatic heterocycles. The second-order valence-corrected chi connectivity index (χ2v) is 10.3. The summed E-state index contributed by atoms with van der Waals surface area (Å²) >= 11 is 1.40. The summed E-state index contributed by atoms with van der Waals surface area (Å²) in [6.45, 7) is 6.27. The average Bonchev–Trinajstić information content (AvgIpc) is 3.47. The van der Waals surface area contributed by atoms with Gasteiger partial charge in [0.05, 0.1) is 22.3 Å². The molecule has 1 N–H and O–H groups in total. The van der Waals surface area contributed by atoms with Crippen LogP contribution in [-0.2, 0) is 6.54 Å². The molecule has 0 atom stereocenters. The standard InChI is InChI=1S/C25H26FN3O3S/c1-14-22(15(2)32-28-14)17-8-20-23(27-10-17)19(21-9-18(13-33-21)24(30)31)12-29(20)11-16-4-6-25(3,26)7-5-16/h8-10,12-13,16H,4-7,11H2,1-3H3,(H,30,31). The molecule has 5 rings (SSSR count). The van der Waals surface area contributed by atoms with E-state index in [1.54, 1.807) is 18.4 Å². The van der Waals surface area contributed by atoms with Gasteiger partial charge in [-0.3, -0.25) is 4.98 Å². The van der Waals surface area contributed by atoms with Gasteiger partial charge in [0, 0.05) is 45.9 Å². The fraction of sp³-hybridized carbons (Fsp3) is 0.400. The fourth-order valence-corrected chi connectivity index (χ4v) is 5.75. The van der Waals surface area contributed by atoms with Crippen molar-refractivity contribution in [3.63, 3.8) is 0 Å². The van der Waals surface area contributed by atoms with Gasteiger partial charge in [-0.05, 0) is 64.5 Å². The molecular formula is C25H26FN3O3S. The van der Waals surface area contributed by atoms with Gasteiger partial charge >= 0.3 is 5.97 Å². The highest BCUT2D eigenvalue weighted by atomic mass is 32.1. The van der Waals surface area contributed by atoms with Crippen LogP contribution in [0.25, 0.3) is 32.6 Å². The maximum atomic E-state index is 14.3. The number of hydrogen-bond donors (Lipinski definition) is 1. The number of carbonyl (C=O) groups is 1. The van der Waals surface area contributed by atoms with Crippen LogP contribution in [0.4, 0.5) is 4.39 Å². The third-order valence-corrected chi connectivity index (χ3v) is 7.72. The number of hydrogen-bond acceptors (Lipinski definition) is 5. The Hall–Kier alpha value is -3.00. The normalized spacial score (nSPS) is 21.0. The zero-order chi connectivity index (χ0) is 23.3. The molecule has 1 aliphatic carbocycles. The van der Waals surface area contributed by atoms with Crippen molar-refractivity contribution < 1.29 is 18.8 Å². The van der Waals surface area contributed by atoms with Crippen LogP contribution in [0.15, 0.2) is 34.4 Å². The Morgan fingerprint density at radius 2 is 2.09 bits per heavy atom. The Morgan fingerprint density at radius 1 is 1.33 bits per heavy atom. The molecule has 1 aliphatic rings. The van der Waals surface area contributed by atoms with Gasteiger partial charge in [-0.1, -0.05) is 5.16 Å². The third-order valence-electron chi connectivity index (χ3n) is 6.75. The Labute approximate surface area is 195 Å². The molecule has 0 radical (unpaired) electrons. The minimum Gasteiger partial charge on any atom is -0.478 e. The molecule has 0 saturated heterocycles. The molecule has 0 unspecified atom stereocenters. The highest BCUT2D eigenvalue weighted by molar-refractivity contribution is 7.14. The SMILES string of the molecule is Cc1noc(C)c1-c1cnc2c(-c3cc(C(=O)O)cs3)cn(CC3CCC(C)(F)CC3)c2c1. The molecular weight excluding hydrogens is 441 g/mol. The van der Waals surface area contributed by atoms with Gasteiger partial charge in [-0.25, -0.2) is 9.18 Å². The van der Waals surface area contributed by atoms with Crippen LogP contribution in [-0.4, -0.2) is 31.5 Å². The first-order valence-corrected chi connectivity index (χ1v) is 12.0. The van der Waals surface area contributed by atoms with Crippen LogP contribution in [0.3, 0.4) is 0 Å². The second-order valence-electron chi connectivity index (χ2n) is 9.35. The number of fused-ring (bicyclic) bond motifs is 1. The van der Waals surface area contributed by atoms with E-state index in [9.17, 15) is 14.3 Å². The molecule has 0 amide bonds. The van der Waals surface area contributed by atoms with Gasteiger partial charge in [0.2, 0.25) is 0 Å². The van der Waals surface area contributed by atoms with Crippen LogP contribution in [0, 0.1) is 19.8 Å². The maximum Gasteiger partial charge on any atom is 0.336 e. The molecule has 8 heteroatoms. The number of aromatic nitrogens is 3. The summed E-state index contributed by atoms with van der Waals surface area (Å²) in [6.07, 6.45) is 6.75. The quantitative estimate of drug-likeness (QED) is 0.355. The number of thiophene rings is 1. The van der Waals surface area contributed by atoms with E-state index in [1.165, 1.54) is 11.3 Å². The van der Waals surface area contributed by atoms with Gasteiger partial charge in [0.25, 0.3) is 0 Å². The number of pyridine rings is 1. The second kappa shape index (κ2) is 8.09. The molecule has 1 fully saturated rings. The van der Waals surface area contributed by atoms with Crippen molar-refractivity contribution in [3.8, 4) is 21.6 Å². The Morgan fingerprint density at radius 3 is 2.73 bits per heavy atom. The van der Waals surface area contributed by atoms with E-state index in [1.807, 2.05) is 20.0 Å². The van der Waals surface area contributed by atoms with E-state index in [0.29, 0.717) is 18.8 Å². The van der Waals surface area contributed by atoms with E-state index >= 15 is 0 Å². The van der Waals surface area contributed by atoms with Crippen LogP contribution in [0.2, 0.25) is 0 Å². The van der Waals surface area contributed by atoms with Crippen molar-refractivity contribution >= 4 is 28.3 Å². The van der Waals surface area contributed by atoms with Crippen LogP contribution in [0.1, 0.15) is 54.4 Å². The van der Waals surface area contributed by atoms with Crippen LogP contribution in [0.5, 0.6) is 0 Å². The number of carboxylic acids is 1. The maximum absolute atomic E-state index is 14.3. The Bertz CT molecular complexity index is 1320. The largest absolute Gasteiger partial charge is 0.478 e. The molecule has 0 bridgehead atoms. The van der Waals surface area contributed by atoms with E-state index < -0.39 is 11.6 Å². The van der Waals surface area contributed by atoms with E-state index in [4.69, 9.17) is 9.51 Å². The zero-order valence-corrected chi connectivity index (χ0v) is 19.7. The molecule has 6 nitrogen and oxygen atoms in total. The molecule has 172 valence electrons. The Kier molecular flexibility index (Phi) is 5.35. The van der Waals surface area contributed by atoms with Gasteiger partial charge in [0.1, 0.15) is 11.4 Å². The number of rotatable bonds is 5. The topological polar surface area (TPSA) is 81.2 Å². The summed E-state index contributed by atoms with van der Waals surface area (Å²) in [5, 5.41) is 15.1. The Balaban J connectivity index is 1.60. The predicted octanol–water partition coefficient (Wildman–Crippen LogP) is 6.65. The van der Waals surface area contributed by atoms with Crippen molar-refractivity contribution in [2.45, 2.75) is 58.7 Å². The number of halogens is 1. The van der Waals surface area contributed by atoms with E-state index in [2.05, 4.69) is 22.0 Å². The molecule has 4 heterocycles. The zero-order valence-electron chi connectivity index (χ0n) is 18.9. The average molecular weight is 468 g/mol. The smallest absolute Gasteiger partial charge is 0.336 e. The van der Waals surface area contributed by atoms with Crippen molar-refractivity contribution in [1.29, 1.82) is 0 Å². The summed E-state index contributed by atoms with van der Waals surface area (Å²) in [4.78, 5) is 17.1. The van der Waals surface area contributed by atoms with Crippen LogP contribution < -0.4 is 0 Å². The first kappa shape index (κ1) is 21.8. The summed E-state index contributed by atoms with van der Waals surface area (Å²) in [5.41, 5.74) is 4.61. The van der Waals surface area contributed by atoms with Crippen molar-refractivity contribution in [2.75, 3.05) is 0 Å². The lowest BCUT2D eigenvalue weighted by Gasteiger charge is -2.31. The first-order chi connectivity index (χ1) is 15.7. The summed E-state index contributed by atoms with van der Waals surface area (Å²) in [5.74, 6) is 0.190. The molecule has 1 saturated carbocycles. The van der Waals surface area contributed by atoms with Crippen LogP contribution >= 0.6 is 11.3 Å². The lowest BCUT2D eigenvalue weighted by atomic mass is 9.81. The molecule has 0 aromatic carbocycles. The van der Waals surface area contributed by atoms with E-state index in [0.717, 1.165) is 63.4 Å². The molecule has 33 heavy (non-hydrogen) atoms. The molecule has 0 aliphatic heterocycles. The molecule has 4 aromatic rings.